The van der Waals surface area contributed by atoms with Crippen LogP contribution in [0.25, 0.3) is 0 Å². The average Bonchev–Trinajstić information content (AvgIpc) is 3.02. The van der Waals surface area contributed by atoms with E-state index >= 15 is 0 Å². The normalized spacial score (nSPS) is 47.9. The molecule has 0 unspecified atom stereocenters. The Morgan fingerprint density at radius 1 is 0.966 bits per heavy atom. The van der Waals surface area contributed by atoms with Gasteiger partial charge in [0.1, 0.15) is 6.10 Å². The van der Waals surface area contributed by atoms with Gasteiger partial charge in [-0.1, -0.05) is 60.0 Å². The molecule has 29 heavy (non-hydrogen) atoms. The van der Waals surface area contributed by atoms with Gasteiger partial charge in [0.2, 0.25) is 0 Å². The van der Waals surface area contributed by atoms with Crippen molar-refractivity contribution in [2.45, 2.75) is 111 Å². The van der Waals surface area contributed by atoms with Crippen molar-refractivity contribution in [3.8, 4) is 0 Å². The minimum atomic E-state index is -0.625. The Hall–Kier alpha value is -0.340. The standard InChI is InChI=1S/C27H46O2/c1-17(2)7-6-8-18(3)20-11-12-21-19-9-10-23-25(29)24(28)14-16-27(23,5)22(19)13-15-26(20,21)4/h10,17-22,24-25,28-29H,6-9,11-16H2,1-5H3/t18-,19+,20-,21+,22+,24-,25-,26-,27-/m1/s1. The van der Waals surface area contributed by atoms with E-state index in [9.17, 15) is 10.2 Å². The summed E-state index contributed by atoms with van der Waals surface area (Å²) >= 11 is 0. The molecule has 0 aliphatic heterocycles. The first-order valence-electron chi connectivity index (χ1n) is 12.7. The van der Waals surface area contributed by atoms with Crippen molar-refractivity contribution < 1.29 is 10.2 Å². The van der Waals surface area contributed by atoms with E-state index in [0.717, 1.165) is 48.9 Å². The molecule has 2 heteroatoms. The lowest BCUT2D eigenvalue weighted by atomic mass is 9.46. The Morgan fingerprint density at radius 2 is 1.72 bits per heavy atom. The van der Waals surface area contributed by atoms with Crippen LogP contribution < -0.4 is 0 Å². The Morgan fingerprint density at radius 3 is 2.45 bits per heavy atom. The lowest BCUT2D eigenvalue weighted by Gasteiger charge is -2.59. The highest BCUT2D eigenvalue weighted by Gasteiger charge is 2.60. The van der Waals surface area contributed by atoms with Crippen LogP contribution in [0.5, 0.6) is 0 Å². The monoisotopic (exact) mass is 402 g/mol. The molecule has 0 aromatic rings. The molecule has 3 saturated carbocycles. The number of allylic oxidation sites excluding steroid dienone is 1. The molecule has 0 saturated heterocycles. The Bertz CT molecular complexity index is 624. The highest BCUT2D eigenvalue weighted by atomic mass is 16.3. The molecule has 0 aromatic carbocycles. The summed E-state index contributed by atoms with van der Waals surface area (Å²) in [5.41, 5.74) is 1.81. The van der Waals surface area contributed by atoms with Gasteiger partial charge in [-0.25, -0.2) is 0 Å². The lowest BCUT2D eigenvalue weighted by Crippen LogP contribution is -2.53. The Kier molecular flexibility index (Phi) is 6.01. The summed E-state index contributed by atoms with van der Waals surface area (Å²) in [5.74, 6) is 4.95. The number of fused-ring (bicyclic) bond motifs is 5. The maximum atomic E-state index is 10.7. The van der Waals surface area contributed by atoms with Crippen molar-refractivity contribution in [1.29, 1.82) is 0 Å². The highest BCUT2D eigenvalue weighted by Crippen LogP contribution is 2.67. The van der Waals surface area contributed by atoms with Crippen LogP contribution in [-0.4, -0.2) is 22.4 Å². The summed E-state index contributed by atoms with van der Waals surface area (Å²) in [7, 11) is 0. The summed E-state index contributed by atoms with van der Waals surface area (Å²) in [6.07, 6.45) is 13.9. The molecule has 3 fully saturated rings. The maximum Gasteiger partial charge on any atom is 0.101 e. The van der Waals surface area contributed by atoms with Crippen molar-refractivity contribution in [3.63, 3.8) is 0 Å². The van der Waals surface area contributed by atoms with E-state index in [-0.39, 0.29) is 5.41 Å². The van der Waals surface area contributed by atoms with Crippen LogP contribution in [0.3, 0.4) is 0 Å². The van der Waals surface area contributed by atoms with E-state index in [1.165, 1.54) is 50.5 Å². The average molecular weight is 403 g/mol. The summed E-state index contributed by atoms with van der Waals surface area (Å²) in [4.78, 5) is 0. The van der Waals surface area contributed by atoms with Crippen molar-refractivity contribution in [1.82, 2.24) is 0 Å². The third kappa shape index (κ3) is 3.55. The summed E-state index contributed by atoms with van der Waals surface area (Å²) in [6.45, 7) is 12.3. The largest absolute Gasteiger partial charge is 0.390 e. The first kappa shape index (κ1) is 21.9. The van der Waals surface area contributed by atoms with Crippen LogP contribution in [0.4, 0.5) is 0 Å². The van der Waals surface area contributed by atoms with Crippen LogP contribution in [0.2, 0.25) is 0 Å². The second-order valence-corrected chi connectivity index (χ2v) is 12.3. The molecule has 0 amide bonds. The number of hydrogen-bond acceptors (Lipinski definition) is 2. The minimum absolute atomic E-state index is 0.115. The molecule has 4 rings (SSSR count). The third-order valence-electron chi connectivity index (χ3n) is 10.4. The van der Waals surface area contributed by atoms with Gasteiger partial charge in [-0.3, -0.25) is 0 Å². The quantitative estimate of drug-likeness (QED) is 0.525. The van der Waals surface area contributed by atoms with Gasteiger partial charge in [-0.05, 0) is 96.9 Å². The minimum Gasteiger partial charge on any atom is -0.390 e. The summed E-state index contributed by atoms with van der Waals surface area (Å²) in [5, 5.41) is 20.9. The van der Waals surface area contributed by atoms with Crippen LogP contribution >= 0.6 is 0 Å². The topological polar surface area (TPSA) is 40.5 Å². The fourth-order valence-electron chi connectivity index (χ4n) is 8.74. The van der Waals surface area contributed by atoms with Gasteiger partial charge in [-0.15, -0.1) is 0 Å². The van der Waals surface area contributed by atoms with Crippen molar-refractivity contribution in [2.24, 2.45) is 46.3 Å². The number of aliphatic hydroxyl groups excluding tert-OH is 2. The van der Waals surface area contributed by atoms with Crippen molar-refractivity contribution in [2.75, 3.05) is 0 Å². The molecule has 9 atom stereocenters. The van der Waals surface area contributed by atoms with Gasteiger partial charge in [-0.2, -0.15) is 0 Å². The number of rotatable bonds is 5. The molecule has 4 aliphatic carbocycles. The summed E-state index contributed by atoms with van der Waals surface area (Å²) < 4.78 is 0. The van der Waals surface area contributed by atoms with Gasteiger partial charge in [0.25, 0.3) is 0 Å². The lowest BCUT2D eigenvalue weighted by molar-refractivity contribution is -0.0801. The zero-order chi connectivity index (χ0) is 21.0. The van der Waals surface area contributed by atoms with E-state index in [1.54, 1.807) is 0 Å². The molecule has 0 aromatic heterocycles. The van der Waals surface area contributed by atoms with Gasteiger partial charge >= 0.3 is 0 Å². The van der Waals surface area contributed by atoms with E-state index in [0.29, 0.717) is 11.3 Å². The van der Waals surface area contributed by atoms with E-state index in [1.807, 2.05) is 0 Å². The zero-order valence-electron chi connectivity index (χ0n) is 19.7. The van der Waals surface area contributed by atoms with E-state index in [2.05, 4.69) is 40.7 Å². The second kappa shape index (κ2) is 7.97. The van der Waals surface area contributed by atoms with Gasteiger partial charge in [0.15, 0.2) is 0 Å². The van der Waals surface area contributed by atoms with Crippen molar-refractivity contribution >= 4 is 0 Å². The Labute approximate surface area is 179 Å². The first-order chi connectivity index (χ1) is 13.7. The molecule has 4 aliphatic rings. The molecule has 2 N–H and O–H groups in total. The molecular formula is C27H46O2. The fraction of sp³-hybridized carbons (Fsp3) is 0.926. The second-order valence-electron chi connectivity index (χ2n) is 12.3. The maximum absolute atomic E-state index is 10.7. The molecule has 166 valence electrons. The van der Waals surface area contributed by atoms with Crippen LogP contribution in [0.1, 0.15) is 98.8 Å². The molecular weight excluding hydrogens is 356 g/mol. The molecule has 0 heterocycles. The molecule has 0 radical (unpaired) electrons. The van der Waals surface area contributed by atoms with Crippen LogP contribution in [-0.2, 0) is 0 Å². The van der Waals surface area contributed by atoms with Gasteiger partial charge < -0.3 is 10.2 Å². The van der Waals surface area contributed by atoms with Gasteiger partial charge in [0.05, 0.1) is 6.10 Å². The Balaban J connectivity index is 1.51. The SMILES string of the molecule is CC(C)CCC[C@@H](C)[C@H]1CC[C@H]2[C@@H]3CC=C4[C@@H](O)[C@H](O)CC[C@]4(C)[C@H]3CC[C@]12C. The predicted octanol–water partition coefficient (Wildman–Crippen LogP) is 6.36. The predicted molar refractivity (Wildman–Crippen MR) is 120 cm³/mol. The van der Waals surface area contributed by atoms with E-state index in [4.69, 9.17) is 0 Å². The molecule has 0 bridgehead atoms. The first-order valence-corrected chi connectivity index (χ1v) is 12.7. The third-order valence-corrected chi connectivity index (χ3v) is 10.4. The van der Waals surface area contributed by atoms with E-state index < -0.39 is 12.2 Å². The van der Waals surface area contributed by atoms with Crippen molar-refractivity contribution in [3.05, 3.63) is 11.6 Å². The number of hydrogen-bond donors (Lipinski definition) is 2. The highest BCUT2D eigenvalue weighted by molar-refractivity contribution is 5.29. The van der Waals surface area contributed by atoms with Crippen LogP contribution in [0.15, 0.2) is 11.6 Å². The zero-order valence-corrected chi connectivity index (χ0v) is 19.7. The molecule has 2 nitrogen and oxygen atoms in total. The fourth-order valence-corrected chi connectivity index (χ4v) is 8.74. The smallest absolute Gasteiger partial charge is 0.101 e. The van der Waals surface area contributed by atoms with Gasteiger partial charge in [0, 0.05) is 0 Å². The van der Waals surface area contributed by atoms with Crippen LogP contribution in [0, 0.1) is 46.3 Å². The summed E-state index contributed by atoms with van der Waals surface area (Å²) in [6, 6.07) is 0. The number of aliphatic hydroxyl groups is 2. The molecule has 0 spiro atoms.